The highest BCUT2D eigenvalue weighted by Crippen LogP contribution is 2.36. The number of hydrogen-bond donors (Lipinski definition) is 2. The van der Waals surface area contributed by atoms with Gasteiger partial charge in [-0.15, -0.1) is 0 Å². The molecule has 0 radical (unpaired) electrons. The lowest BCUT2D eigenvalue weighted by Gasteiger charge is -2.08. The lowest BCUT2D eigenvalue weighted by Crippen LogP contribution is -2.06. The summed E-state index contributed by atoms with van der Waals surface area (Å²) >= 11 is 0. The largest absolute Gasteiger partial charge is 0.508 e. The van der Waals surface area contributed by atoms with Crippen LogP contribution in [0.15, 0.2) is 42.7 Å². The lowest BCUT2D eigenvalue weighted by atomic mass is 10.0. The third-order valence-corrected chi connectivity index (χ3v) is 3.31. The highest BCUT2D eigenvalue weighted by molar-refractivity contribution is 6.20. The molecule has 2 aromatic carbocycles. The quantitative estimate of drug-likeness (QED) is 0.374. The molecule has 0 spiro atoms. The highest BCUT2D eigenvalue weighted by Gasteiger charge is 2.19. The van der Waals surface area contributed by atoms with Gasteiger partial charge in [-0.05, 0) is 18.2 Å². The molecule has 0 saturated heterocycles. The van der Waals surface area contributed by atoms with Crippen LogP contribution in [0.4, 0.5) is 0 Å². The van der Waals surface area contributed by atoms with E-state index < -0.39 is 11.3 Å². The maximum absolute atomic E-state index is 11.9. The monoisotopic (exact) mass is 270 g/mol. The van der Waals surface area contributed by atoms with Gasteiger partial charge in [0, 0.05) is 16.8 Å². The topological polar surface area (TPSA) is 101 Å². The number of benzene rings is 2. The molecule has 20 heavy (non-hydrogen) atoms. The van der Waals surface area contributed by atoms with Crippen molar-refractivity contribution in [2.75, 3.05) is 0 Å². The average Bonchev–Trinajstić information content (AvgIpc) is 2.39. The zero-order valence-corrected chi connectivity index (χ0v) is 9.84. The lowest BCUT2D eigenvalue weighted by molar-refractivity contribution is 0.458. The summed E-state index contributed by atoms with van der Waals surface area (Å²) in [4.78, 5) is 23.9. The summed E-state index contributed by atoms with van der Waals surface area (Å²) in [6.45, 7) is 0. The fourth-order valence-electron chi connectivity index (χ4n) is 2.50. The van der Waals surface area contributed by atoms with Crippen LogP contribution in [0.2, 0.25) is 0 Å². The van der Waals surface area contributed by atoms with Crippen LogP contribution >= 0.6 is 0 Å². The van der Waals surface area contributed by atoms with Crippen molar-refractivity contribution in [3.05, 3.63) is 45.1 Å². The molecule has 0 fully saturated rings. The number of phenolic OH excluding ortho intramolecular Hbond substituents is 2. The van der Waals surface area contributed by atoms with E-state index in [9.17, 15) is 19.8 Å². The van der Waals surface area contributed by atoms with Gasteiger partial charge in [-0.2, -0.15) is 0 Å². The Hall–Kier alpha value is -3.02. The molecule has 0 atom stereocenters. The molecule has 4 rings (SSSR count). The summed E-state index contributed by atoms with van der Waals surface area (Å²) in [5.41, 5.74) is -1.36. The van der Waals surface area contributed by atoms with Crippen molar-refractivity contribution in [2.45, 2.75) is 0 Å². The van der Waals surface area contributed by atoms with E-state index in [1.165, 1.54) is 24.3 Å². The first-order chi connectivity index (χ1) is 9.56. The second kappa shape index (κ2) is 3.30. The molecule has 0 amide bonds. The molecule has 4 aromatic rings. The first-order valence-electron chi connectivity index (χ1n) is 5.74. The van der Waals surface area contributed by atoms with E-state index in [-0.39, 0.29) is 33.4 Å². The second-order valence-corrected chi connectivity index (χ2v) is 4.48. The van der Waals surface area contributed by atoms with Crippen LogP contribution in [0.3, 0.4) is 0 Å². The van der Waals surface area contributed by atoms with Crippen molar-refractivity contribution < 1.29 is 19.0 Å². The minimum absolute atomic E-state index is 0.0661. The first kappa shape index (κ1) is 10.9. The summed E-state index contributed by atoms with van der Waals surface area (Å²) in [6.07, 6.45) is 0. The Balaban J connectivity index is 2.55. The van der Waals surface area contributed by atoms with Crippen LogP contribution in [0.1, 0.15) is 0 Å². The van der Waals surface area contributed by atoms with Gasteiger partial charge in [0.25, 0.3) is 0 Å². The Morgan fingerprint density at radius 3 is 2.40 bits per heavy atom. The Bertz CT molecular complexity index is 1100. The molecular formula is C14H6O6. The summed E-state index contributed by atoms with van der Waals surface area (Å²) in [6, 6.07) is 5.14. The standard InChI is InChI=1S/C14H6O6/c15-5-3-7-10-9(4-5)19-13(17)6-1-2-8(16)12(11(6)10)20-14(7)18/h1-4,15-16H. The first-order valence-corrected chi connectivity index (χ1v) is 5.74. The van der Waals surface area contributed by atoms with Crippen LogP contribution in [-0.2, 0) is 0 Å². The van der Waals surface area contributed by atoms with Crippen molar-refractivity contribution in [3.8, 4) is 11.5 Å². The van der Waals surface area contributed by atoms with Crippen LogP contribution < -0.4 is 11.3 Å². The van der Waals surface area contributed by atoms with Gasteiger partial charge < -0.3 is 19.0 Å². The van der Waals surface area contributed by atoms with Gasteiger partial charge in [0.2, 0.25) is 0 Å². The Kier molecular flexibility index (Phi) is 1.79. The van der Waals surface area contributed by atoms with Crippen molar-refractivity contribution in [2.24, 2.45) is 0 Å². The van der Waals surface area contributed by atoms with E-state index in [4.69, 9.17) is 8.83 Å². The smallest absolute Gasteiger partial charge is 0.344 e. The van der Waals surface area contributed by atoms with E-state index in [1.807, 2.05) is 0 Å². The van der Waals surface area contributed by atoms with Crippen LogP contribution in [-0.4, -0.2) is 10.2 Å². The summed E-state index contributed by atoms with van der Waals surface area (Å²) in [7, 11) is 0. The minimum atomic E-state index is -0.727. The molecule has 6 heteroatoms. The molecule has 0 bridgehead atoms. The van der Waals surface area contributed by atoms with Crippen LogP contribution in [0.25, 0.3) is 32.7 Å². The summed E-state index contributed by atoms with van der Waals surface area (Å²) in [5, 5.41) is 20.3. The Labute approximate surface area is 109 Å². The Morgan fingerprint density at radius 2 is 1.60 bits per heavy atom. The number of rotatable bonds is 0. The predicted molar refractivity (Wildman–Crippen MR) is 70.5 cm³/mol. The van der Waals surface area contributed by atoms with Crippen LogP contribution in [0.5, 0.6) is 11.5 Å². The van der Waals surface area contributed by atoms with Gasteiger partial charge in [0.15, 0.2) is 11.3 Å². The predicted octanol–water partition coefficient (Wildman–Crippen LogP) is 1.90. The molecule has 2 heterocycles. The zero-order chi connectivity index (χ0) is 14.0. The van der Waals surface area contributed by atoms with E-state index in [0.29, 0.717) is 10.8 Å². The molecular weight excluding hydrogens is 264 g/mol. The maximum Gasteiger partial charge on any atom is 0.344 e. The SMILES string of the molecule is O=c1oc2c(O)ccc3c(=O)oc4cc(O)cc1c4c23. The average molecular weight is 270 g/mol. The van der Waals surface area contributed by atoms with Gasteiger partial charge in [-0.3, -0.25) is 0 Å². The molecule has 98 valence electrons. The van der Waals surface area contributed by atoms with Gasteiger partial charge in [-0.25, -0.2) is 9.59 Å². The van der Waals surface area contributed by atoms with Crippen molar-refractivity contribution >= 4 is 32.7 Å². The van der Waals surface area contributed by atoms with E-state index in [1.54, 1.807) is 0 Å². The van der Waals surface area contributed by atoms with Crippen molar-refractivity contribution in [1.29, 1.82) is 0 Å². The summed E-state index contributed by atoms with van der Waals surface area (Å²) in [5.74, 6) is -0.452. The molecule has 0 aliphatic rings. The molecule has 0 aliphatic heterocycles. The fraction of sp³-hybridized carbons (Fsp3) is 0. The fourth-order valence-corrected chi connectivity index (χ4v) is 2.50. The molecule has 0 unspecified atom stereocenters. The second-order valence-electron chi connectivity index (χ2n) is 4.48. The maximum atomic E-state index is 11.9. The minimum Gasteiger partial charge on any atom is -0.508 e. The van der Waals surface area contributed by atoms with Gasteiger partial charge in [0.05, 0.1) is 10.8 Å². The number of aromatic hydroxyl groups is 2. The summed E-state index contributed by atoms with van der Waals surface area (Å²) < 4.78 is 10.2. The molecule has 2 aromatic heterocycles. The third kappa shape index (κ3) is 1.17. The number of phenols is 2. The van der Waals surface area contributed by atoms with Gasteiger partial charge in [-0.1, -0.05) is 0 Å². The molecule has 0 aliphatic carbocycles. The highest BCUT2D eigenvalue weighted by atomic mass is 16.4. The van der Waals surface area contributed by atoms with Crippen molar-refractivity contribution in [1.82, 2.24) is 0 Å². The molecule has 6 nitrogen and oxygen atoms in total. The van der Waals surface area contributed by atoms with E-state index >= 15 is 0 Å². The third-order valence-electron chi connectivity index (χ3n) is 3.31. The zero-order valence-electron chi connectivity index (χ0n) is 9.84. The normalized spacial score (nSPS) is 11.8. The molecule has 0 saturated carbocycles. The van der Waals surface area contributed by atoms with Crippen molar-refractivity contribution in [3.63, 3.8) is 0 Å². The van der Waals surface area contributed by atoms with Crippen LogP contribution in [0, 0.1) is 0 Å². The van der Waals surface area contributed by atoms with Gasteiger partial charge in [0.1, 0.15) is 11.3 Å². The number of hydrogen-bond acceptors (Lipinski definition) is 6. The van der Waals surface area contributed by atoms with Gasteiger partial charge >= 0.3 is 11.3 Å². The van der Waals surface area contributed by atoms with E-state index in [0.717, 1.165) is 0 Å². The van der Waals surface area contributed by atoms with E-state index in [2.05, 4.69) is 0 Å². The molecule has 2 N–H and O–H groups in total. The Morgan fingerprint density at radius 1 is 0.850 bits per heavy atom.